The second-order valence-electron chi connectivity index (χ2n) is 3.76. The first-order chi connectivity index (χ1) is 9.19. The second-order valence-corrected chi connectivity index (χ2v) is 4.93. The minimum atomic E-state index is -0.447. The number of carbonyl (C=O) groups excluding carboxylic acids is 1. The van der Waals surface area contributed by atoms with E-state index in [9.17, 15) is 4.79 Å². The summed E-state index contributed by atoms with van der Waals surface area (Å²) >= 11 is 1.68. The van der Waals surface area contributed by atoms with Crippen molar-refractivity contribution in [2.75, 3.05) is 11.5 Å². The molecule has 1 aromatic heterocycles. The van der Waals surface area contributed by atoms with Crippen LogP contribution in [-0.4, -0.2) is 26.7 Å². The summed E-state index contributed by atoms with van der Waals surface area (Å²) in [5.41, 5.74) is 8.58. The molecule has 100 valence electrons. The van der Waals surface area contributed by atoms with Crippen LogP contribution in [0.4, 0.5) is 5.69 Å². The van der Waals surface area contributed by atoms with Gasteiger partial charge in [-0.2, -0.15) is 0 Å². The van der Waals surface area contributed by atoms with E-state index >= 15 is 0 Å². The Balaban J connectivity index is 1.84. The molecule has 2 aromatic rings. The van der Waals surface area contributed by atoms with Crippen LogP contribution in [0.15, 0.2) is 35.4 Å². The van der Waals surface area contributed by atoms with Gasteiger partial charge in [-0.05, 0) is 24.3 Å². The molecule has 0 saturated carbocycles. The molecule has 0 aliphatic heterocycles. The number of aromatic nitrogens is 3. The van der Waals surface area contributed by atoms with Crippen molar-refractivity contribution in [2.45, 2.75) is 11.4 Å². The summed E-state index contributed by atoms with van der Waals surface area (Å²) in [6.45, 7) is 0.653. The topological polar surface area (TPSA) is 112 Å². The first-order valence-electron chi connectivity index (χ1n) is 5.58. The number of hydrogen-bond acceptors (Lipinski definition) is 6. The van der Waals surface area contributed by atoms with Crippen molar-refractivity contribution in [1.82, 2.24) is 20.4 Å². The molecule has 0 saturated heterocycles. The van der Waals surface area contributed by atoms with Crippen molar-refractivity contribution < 1.29 is 4.79 Å². The summed E-state index contributed by atoms with van der Waals surface area (Å²) in [5.74, 6) is 5.38. The van der Waals surface area contributed by atoms with Crippen molar-refractivity contribution >= 4 is 23.4 Å². The van der Waals surface area contributed by atoms with Gasteiger partial charge in [0.1, 0.15) is 0 Å². The Labute approximate surface area is 114 Å². The highest BCUT2D eigenvalue weighted by atomic mass is 32.2. The zero-order chi connectivity index (χ0) is 13.7. The van der Waals surface area contributed by atoms with Gasteiger partial charge < -0.3 is 5.73 Å². The third kappa shape index (κ3) is 3.70. The molecular weight excluding hydrogens is 264 g/mol. The Hall–Kier alpha value is -2.06. The van der Waals surface area contributed by atoms with E-state index in [1.807, 2.05) is 29.7 Å². The zero-order valence-corrected chi connectivity index (χ0v) is 10.9. The van der Waals surface area contributed by atoms with Crippen LogP contribution in [0, 0.1) is 0 Å². The fraction of sp³-hybridized carbons (Fsp3) is 0.182. The lowest BCUT2D eigenvalue weighted by Gasteiger charge is -2.02. The monoisotopic (exact) mass is 278 g/mol. The number of hydrogen-bond donors (Lipinski definition) is 3. The maximum atomic E-state index is 11.2. The number of hydrazine groups is 1. The fourth-order valence-corrected chi connectivity index (χ4v) is 2.25. The summed E-state index contributed by atoms with van der Waals surface area (Å²) in [6, 6.07) is 7.66. The third-order valence-corrected chi connectivity index (χ3v) is 3.36. The smallest absolute Gasteiger partial charge is 0.287 e. The molecule has 1 heterocycles. The van der Waals surface area contributed by atoms with E-state index in [0.717, 1.165) is 16.3 Å². The van der Waals surface area contributed by atoms with Gasteiger partial charge in [0.15, 0.2) is 5.69 Å². The molecule has 2 rings (SSSR count). The van der Waals surface area contributed by atoms with Gasteiger partial charge in [-0.1, -0.05) is 5.21 Å². The summed E-state index contributed by atoms with van der Waals surface area (Å²) in [5, 5.41) is 7.57. The molecule has 19 heavy (non-hydrogen) atoms. The highest BCUT2D eigenvalue weighted by Crippen LogP contribution is 2.19. The molecule has 0 spiro atoms. The van der Waals surface area contributed by atoms with Crippen LogP contribution in [-0.2, 0) is 6.54 Å². The molecule has 8 heteroatoms. The summed E-state index contributed by atoms with van der Waals surface area (Å²) < 4.78 is 1.61. The molecule has 0 atom stereocenters. The molecule has 1 amide bonds. The Bertz CT molecular complexity index is 553. The van der Waals surface area contributed by atoms with E-state index in [-0.39, 0.29) is 5.69 Å². The molecule has 0 radical (unpaired) electrons. The van der Waals surface area contributed by atoms with E-state index in [4.69, 9.17) is 11.6 Å². The van der Waals surface area contributed by atoms with Gasteiger partial charge in [-0.25, -0.2) is 5.84 Å². The molecular formula is C11H14N6OS. The van der Waals surface area contributed by atoms with Crippen molar-refractivity contribution in [3.05, 3.63) is 36.2 Å². The number of carbonyl (C=O) groups is 1. The van der Waals surface area contributed by atoms with Gasteiger partial charge >= 0.3 is 0 Å². The van der Waals surface area contributed by atoms with Crippen LogP contribution in [0.25, 0.3) is 0 Å². The predicted molar refractivity (Wildman–Crippen MR) is 73.3 cm³/mol. The Morgan fingerprint density at radius 2 is 2.11 bits per heavy atom. The first kappa shape index (κ1) is 13.4. The first-order valence-corrected chi connectivity index (χ1v) is 6.57. The Kier molecular flexibility index (Phi) is 4.37. The van der Waals surface area contributed by atoms with Gasteiger partial charge in [-0.3, -0.25) is 14.9 Å². The lowest BCUT2D eigenvalue weighted by atomic mass is 10.3. The average molecular weight is 278 g/mol. The van der Waals surface area contributed by atoms with Crippen LogP contribution >= 0.6 is 11.8 Å². The number of nitrogens with one attached hydrogen (secondary N) is 1. The molecule has 0 aliphatic carbocycles. The normalized spacial score (nSPS) is 10.4. The Morgan fingerprint density at radius 3 is 2.79 bits per heavy atom. The van der Waals surface area contributed by atoms with Crippen LogP contribution < -0.4 is 17.0 Å². The van der Waals surface area contributed by atoms with Crippen LogP contribution in [0.5, 0.6) is 0 Å². The predicted octanol–water partition coefficient (Wildman–Crippen LogP) is 0.256. The van der Waals surface area contributed by atoms with Gasteiger partial charge in [-0.15, -0.1) is 16.9 Å². The number of anilines is 1. The number of benzene rings is 1. The summed E-state index contributed by atoms with van der Waals surface area (Å²) in [6.07, 6.45) is 1.56. The number of aryl methyl sites for hydroxylation is 1. The number of nitrogen functional groups attached to an aromatic ring is 2. The number of rotatable bonds is 5. The number of nitrogens with zero attached hydrogens (tertiary/aromatic N) is 3. The average Bonchev–Trinajstić information content (AvgIpc) is 2.89. The number of thioether (sulfide) groups is 1. The highest BCUT2D eigenvalue weighted by molar-refractivity contribution is 7.99. The van der Waals surface area contributed by atoms with Crippen molar-refractivity contribution in [3.8, 4) is 0 Å². The minimum absolute atomic E-state index is 0.208. The van der Waals surface area contributed by atoms with E-state index in [1.54, 1.807) is 22.6 Å². The van der Waals surface area contributed by atoms with E-state index < -0.39 is 5.91 Å². The number of nitrogens with two attached hydrogens (primary N) is 2. The molecule has 0 unspecified atom stereocenters. The maximum Gasteiger partial charge on any atom is 0.287 e. The maximum absolute atomic E-state index is 11.2. The molecule has 0 aliphatic rings. The Morgan fingerprint density at radius 1 is 1.37 bits per heavy atom. The lowest BCUT2D eigenvalue weighted by Crippen LogP contribution is -2.30. The summed E-state index contributed by atoms with van der Waals surface area (Å²) in [7, 11) is 0. The van der Waals surface area contributed by atoms with Gasteiger partial charge in [0.05, 0.1) is 12.7 Å². The SMILES string of the molecule is NNC(=O)c1cn(CCSc2ccc(N)cc2)nn1. The van der Waals surface area contributed by atoms with Crippen LogP contribution in [0.3, 0.4) is 0 Å². The largest absolute Gasteiger partial charge is 0.399 e. The molecule has 1 aromatic carbocycles. The quantitative estimate of drug-likeness (QED) is 0.238. The van der Waals surface area contributed by atoms with Crippen LogP contribution in [0.2, 0.25) is 0 Å². The second kappa shape index (κ2) is 6.21. The van der Waals surface area contributed by atoms with E-state index in [0.29, 0.717) is 6.54 Å². The molecule has 7 nitrogen and oxygen atoms in total. The lowest BCUT2D eigenvalue weighted by molar-refractivity contribution is 0.0948. The number of amides is 1. The van der Waals surface area contributed by atoms with Crippen LogP contribution in [0.1, 0.15) is 10.5 Å². The molecule has 0 bridgehead atoms. The molecule has 5 N–H and O–H groups in total. The molecule has 0 fully saturated rings. The minimum Gasteiger partial charge on any atom is -0.399 e. The standard InChI is InChI=1S/C11H14N6OS/c12-8-1-3-9(4-2-8)19-6-5-17-7-10(15-16-17)11(18)14-13/h1-4,7H,5-6,12-13H2,(H,14,18). The third-order valence-electron chi connectivity index (χ3n) is 2.37. The van der Waals surface area contributed by atoms with Gasteiger partial charge in [0.25, 0.3) is 5.91 Å². The van der Waals surface area contributed by atoms with E-state index in [1.165, 1.54) is 0 Å². The zero-order valence-electron chi connectivity index (χ0n) is 10.1. The van der Waals surface area contributed by atoms with Crippen molar-refractivity contribution in [1.29, 1.82) is 0 Å². The fourth-order valence-electron chi connectivity index (χ4n) is 1.41. The van der Waals surface area contributed by atoms with Gasteiger partial charge in [0, 0.05) is 16.3 Å². The van der Waals surface area contributed by atoms with Gasteiger partial charge in [0.2, 0.25) is 0 Å². The summed E-state index contributed by atoms with van der Waals surface area (Å²) in [4.78, 5) is 12.3. The van der Waals surface area contributed by atoms with Crippen molar-refractivity contribution in [3.63, 3.8) is 0 Å². The van der Waals surface area contributed by atoms with Crippen molar-refractivity contribution in [2.24, 2.45) is 5.84 Å². The highest BCUT2D eigenvalue weighted by Gasteiger charge is 2.08. The van der Waals surface area contributed by atoms with E-state index in [2.05, 4.69) is 10.3 Å².